The predicted molar refractivity (Wildman–Crippen MR) is 69.6 cm³/mol. The second-order valence-electron chi connectivity index (χ2n) is 5.06. The Kier molecular flexibility index (Phi) is 3.82. The highest BCUT2D eigenvalue weighted by molar-refractivity contribution is 5.77. The van der Waals surface area contributed by atoms with Crippen LogP contribution in [-0.4, -0.2) is 17.4 Å². The first-order valence-electron chi connectivity index (χ1n) is 6.55. The fourth-order valence-electron chi connectivity index (χ4n) is 2.32. The molecule has 0 bridgehead atoms. The number of carbonyl (C=O) groups excluding carboxylic acids is 1. The van der Waals surface area contributed by atoms with Crippen molar-refractivity contribution in [3.63, 3.8) is 0 Å². The highest BCUT2D eigenvalue weighted by atomic mass is 16.2. The molecule has 0 aromatic heterocycles. The molecule has 1 aliphatic rings. The van der Waals surface area contributed by atoms with E-state index in [0.29, 0.717) is 18.2 Å². The minimum atomic E-state index is 0.307. The Morgan fingerprint density at radius 1 is 1.24 bits per heavy atom. The Labute approximate surface area is 104 Å². The molecule has 1 atom stereocenters. The van der Waals surface area contributed by atoms with Crippen molar-refractivity contribution in [1.82, 2.24) is 4.90 Å². The van der Waals surface area contributed by atoms with Crippen LogP contribution in [0.3, 0.4) is 0 Å². The van der Waals surface area contributed by atoms with E-state index in [1.807, 2.05) is 4.90 Å². The molecule has 1 heterocycles. The molecule has 0 spiro atoms. The molecule has 1 aromatic rings. The van der Waals surface area contributed by atoms with Gasteiger partial charge in [-0.2, -0.15) is 0 Å². The summed E-state index contributed by atoms with van der Waals surface area (Å²) in [5, 5.41) is 0. The maximum absolute atomic E-state index is 12.1. The second kappa shape index (κ2) is 5.35. The van der Waals surface area contributed by atoms with Crippen molar-refractivity contribution in [3.05, 3.63) is 35.4 Å². The highest BCUT2D eigenvalue weighted by Crippen LogP contribution is 2.20. The Hall–Kier alpha value is -1.31. The van der Waals surface area contributed by atoms with Gasteiger partial charge in [0, 0.05) is 19.5 Å². The normalized spacial score (nSPS) is 17.5. The molecule has 2 nitrogen and oxygen atoms in total. The Balaban J connectivity index is 2.15. The molecule has 1 unspecified atom stereocenters. The molecule has 2 heteroatoms. The van der Waals surface area contributed by atoms with Crippen molar-refractivity contribution in [3.8, 4) is 0 Å². The smallest absolute Gasteiger partial charge is 0.223 e. The molecule has 2 rings (SSSR count). The number of hydrogen-bond acceptors (Lipinski definition) is 1. The topological polar surface area (TPSA) is 20.3 Å². The molecule has 0 N–H and O–H groups in total. The lowest BCUT2D eigenvalue weighted by Gasteiger charge is -2.24. The molecule has 0 saturated heterocycles. The van der Waals surface area contributed by atoms with Crippen LogP contribution in [0.2, 0.25) is 0 Å². The van der Waals surface area contributed by atoms with E-state index < -0.39 is 0 Å². The molecule has 1 amide bonds. The Bertz CT molecular complexity index is 400. The van der Waals surface area contributed by atoms with E-state index in [2.05, 4.69) is 38.1 Å². The van der Waals surface area contributed by atoms with Gasteiger partial charge in [-0.05, 0) is 23.5 Å². The zero-order valence-corrected chi connectivity index (χ0v) is 10.8. The maximum atomic E-state index is 12.1. The van der Waals surface area contributed by atoms with Crippen LogP contribution in [-0.2, 0) is 17.8 Å². The highest BCUT2D eigenvalue weighted by Gasteiger charge is 2.20. The summed E-state index contributed by atoms with van der Waals surface area (Å²) >= 11 is 0. The van der Waals surface area contributed by atoms with Crippen LogP contribution in [0.15, 0.2) is 24.3 Å². The van der Waals surface area contributed by atoms with Crippen molar-refractivity contribution in [1.29, 1.82) is 0 Å². The quantitative estimate of drug-likeness (QED) is 0.783. The number of amides is 1. The predicted octanol–water partition coefficient (Wildman–Crippen LogP) is 3.01. The molecule has 1 aromatic carbocycles. The number of aryl methyl sites for hydroxylation is 1. The molecule has 0 fully saturated rings. The first-order chi connectivity index (χ1) is 8.20. The van der Waals surface area contributed by atoms with Crippen molar-refractivity contribution >= 4 is 5.91 Å². The summed E-state index contributed by atoms with van der Waals surface area (Å²) in [5.74, 6) is 0.894. The minimum Gasteiger partial charge on any atom is -0.338 e. The van der Waals surface area contributed by atoms with E-state index in [9.17, 15) is 4.79 Å². The molecule has 92 valence electrons. The first kappa shape index (κ1) is 12.2. The number of carbonyl (C=O) groups is 1. The molecule has 1 aliphatic heterocycles. The van der Waals surface area contributed by atoms with Gasteiger partial charge in [-0.15, -0.1) is 0 Å². The first-order valence-corrected chi connectivity index (χ1v) is 6.55. The van der Waals surface area contributed by atoms with Crippen LogP contribution in [0.5, 0.6) is 0 Å². The summed E-state index contributed by atoms with van der Waals surface area (Å²) in [6.07, 6.45) is 2.69. The van der Waals surface area contributed by atoms with E-state index in [0.717, 1.165) is 25.9 Å². The van der Waals surface area contributed by atoms with Crippen LogP contribution >= 0.6 is 0 Å². The van der Waals surface area contributed by atoms with E-state index in [1.54, 1.807) is 0 Å². The minimum absolute atomic E-state index is 0.307. The van der Waals surface area contributed by atoms with E-state index in [-0.39, 0.29) is 0 Å². The van der Waals surface area contributed by atoms with Crippen LogP contribution < -0.4 is 0 Å². The largest absolute Gasteiger partial charge is 0.338 e. The zero-order chi connectivity index (χ0) is 12.3. The lowest BCUT2D eigenvalue weighted by atomic mass is 10.0. The summed E-state index contributed by atoms with van der Waals surface area (Å²) in [4.78, 5) is 14.1. The Morgan fingerprint density at radius 2 is 1.94 bits per heavy atom. The number of nitrogens with zero attached hydrogens (tertiary/aromatic N) is 1. The fourth-order valence-corrected chi connectivity index (χ4v) is 2.32. The van der Waals surface area contributed by atoms with Gasteiger partial charge in [0.1, 0.15) is 0 Å². The number of fused-ring (bicyclic) bond motifs is 1. The summed E-state index contributed by atoms with van der Waals surface area (Å²) in [7, 11) is 0. The molecule has 0 aliphatic carbocycles. The third-order valence-electron chi connectivity index (χ3n) is 3.67. The van der Waals surface area contributed by atoms with Crippen molar-refractivity contribution in [2.45, 2.75) is 39.7 Å². The van der Waals surface area contributed by atoms with Crippen LogP contribution in [0, 0.1) is 5.92 Å². The molecular weight excluding hydrogens is 210 g/mol. The number of rotatable bonds is 3. The van der Waals surface area contributed by atoms with Gasteiger partial charge in [0.2, 0.25) is 5.91 Å². The third-order valence-corrected chi connectivity index (χ3v) is 3.67. The summed E-state index contributed by atoms with van der Waals surface area (Å²) < 4.78 is 0. The van der Waals surface area contributed by atoms with Gasteiger partial charge >= 0.3 is 0 Å². The molecule has 0 saturated carbocycles. The van der Waals surface area contributed by atoms with Crippen LogP contribution in [0.1, 0.15) is 37.8 Å². The summed E-state index contributed by atoms with van der Waals surface area (Å²) in [5.41, 5.74) is 2.66. The monoisotopic (exact) mass is 231 g/mol. The van der Waals surface area contributed by atoms with Gasteiger partial charge in [-0.1, -0.05) is 44.5 Å². The SMILES string of the molecule is CCC(C)CN1Cc2ccccc2CCC1=O. The van der Waals surface area contributed by atoms with Gasteiger partial charge in [0.05, 0.1) is 0 Å². The standard InChI is InChI=1S/C15H21NO/c1-3-12(2)10-16-11-14-7-5-4-6-13(14)8-9-15(16)17/h4-7,12H,3,8-11H2,1-2H3. The van der Waals surface area contributed by atoms with Crippen molar-refractivity contribution < 1.29 is 4.79 Å². The molecule has 0 radical (unpaired) electrons. The number of hydrogen-bond donors (Lipinski definition) is 0. The van der Waals surface area contributed by atoms with Crippen molar-refractivity contribution in [2.75, 3.05) is 6.54 Å². The van der Waals surface area contributed by atoms with Gasteiger partial charge in [0.15, 0.2) is 0 Å². The summed E-state index contributed by atoms with van der Waals surface area (Å²) in [6.45, 7) is 6.08. The average molecular weight is 231 g/mol. The maximum Gasteiger partial charge on any atom is 0.223 e. The molecular formula is C15H21NO. The van der Waals surface area contributed by atoms with E-state index in [4.69, 9.17) is 0 Å². The lowest BCUT2D eigenvalue weighted by molar-refractivity contribution is -0.132. The van der Waals surface area contributed by atoms with Crippen LogP contribution in [0.25, 0.3) is 0 Å². The van der Waals surface area contributed by atoms with Gasteiger partial charge in [-0.3, -0.25) is 4.79 Å². The second-order valence-corrected chi connectivity index (χ2v) is 5.06. The van der Waals surface area contributed by atoms with E-state index in [1.165, 1.54) is 11.1 Å². The average Bonchev–Trinajstić information content (AvgIpc) is 2.50. The van der Waals surface area contributed by atoms with Gasteiger partial charge < -0.3 is 4.90 Å². The third kappa shape index (κ3) is 2.87. The summed E-state index contributed by atoms with van der Waals surface area (Å²) in [6, 6.07) is 8.43. The van der Waals surface area contributed by atoms with Crippen LogP contribution in [0.4, 0.5) is 0 Å². The number of benzene rings is 1. The van der Waals surface area contributed by atoms with Gasteiger partial charge in [-0.25, -0.2) is 0 Å². The van der Waals surface area contributed by atoms with E-state index >= 15 is 0 Å². The molecule has 17 heavy (non-hydrogen) atoms. The zero-order valence-electron chi connectivity index (χ0n) is 10.8. The fraction of sp³-hybridized carbons (Fsp3) is 0.533. The van der Waals surface area contributed by atoms with Gasteiger partial charge in [0.25, 0.3) is 0 Å². The Morgan fingerprint density at radius 3 is 2.65 bits per heavy atom. The van der Waals surface area contributed by atoms with Crippen molar-refractivity contribution in [2.24, 2.45) is 5.92 Å². The lowest BCUT2D eigenvalue weighted by Crippen LogP contribution is -2.33.